The zero-order valence-electron chi connectivity index (χ0n) is 15.3. The van der Waals surface area contributed by atoms with Gasteiger partial charge in [0.05, 0.1) is 11.2 Å². The molecule has 1 aliphatic carbocycles. The molecule has 2 heteroatoms. The van der Waals surface area contributed by atoms with Crippen LogP contribution in [0.5, 0.6) is 0 Å². The number of pyridine rings is 1. The van der Waals surface area contributed by atoms with Gasteiger partial charge in [-0.3, -0.25) is 0 Å². The van der Waals surface area contributed by atoms with Gasteiger partial charge in [-0.2, -0.15) is 0 Å². The zero-order valence-corrected chi connectivity index (χ0v) is 15.3. The number of rotatable bonds is 2. The highest BCUT2D eigenvalue weighted by atomic mass is 15.1. The van der Waals surface area contributed by atoms with Crippen LogP contribution in [-0.4, -0.2) is 19.1 Å². The van der Waals surface area contributed by atoms with Gasteiger partial charge < -0.3 is 4.90 Å². The number of aryl methyl sites for hydroxylation is 1. The summed E-state index contributed by atoms with van der Waals surface area (Å²) in [5.74, 6) is 0. The van der Waals surface area contributed by atoms with Gasteiger partial charge >= 0.3 is 0 Å². The van der Waals surface area contributed by atoms with Crippen LogP contribution in [0.4, 0.5) is 5.69 Å². The first-order valence-electron chi connectivity index (χ1n) is 9.33. The lowest BCUT2D eigenvalue weighted by atomic mass is 9.95. The van der Waals surface area contributed by atoms with Crippen molar-refractivity contribution in [3.63, 3.8) is 0 Å². The SMILES string of the molecule is CN(C)c1ccc(-c2nc3ccc4ccccc4c3c3c2CCC3)cc1. The molecule has 0 saturated heterocycles. The quantitative estimate of drug-likeness (QED) is 0.442. The molecule has 2 nitrogen and oxygen atoms in total. The van der Waals surface area contributed by atoms with Crippen molar-refractivity contribution in [2.24, 2.45) is 0 Å². The lowest BCUT2D eigenvalue weighted by molar-refractivity contribution is 0.913. The van der Waals surface area contributed by atoms with Crippen LogP contribution in [0.25, 0.3) is 32.9 Å². The van der Waals surface area contributed by atoms with Gasteiger partial charge in [0.2, 0.25) is 0 Å². The first-order chi connectivity index (χ1) is 12.7. The highest BCUT2D eigenvalue weighted by Crippen LogP contribution is 2.39. The Morgan fingerprint density at radius 2 is 1.58 bits per heavy atom. The molecule has 1 aromatic heterocycles. The average molecular weight is 338 g/mol. The van der Waals surface area contributed by atoms with Crippen LogP contribution in [0.1, 0.15) is 17.5 Å². The van der Waals surface area contributed by atoms with Crippen molar-refractivity contribution in [1.82, 2.24) is 4.98 Å². The van der Waals surface area contributed by atoms with Crippen molar-refractivity contribution in [3.8, 4) is 11.3 Å². The molecule has 1 heterocycles. The minimum absolute atomic E-state index is 1.12. The fourth-order valence-electron chi connectivity index (χ4n) is 4.30. The summed E-state index contributed by atoms with van der Waals surface area (Å²) in [4.78, 5) is 7.26. The monoisotopic (exact) mass is 338 g/mol. The first-order valence-corrected chi connectivity index (χ1v) is 9.33. The molecule has 5 rings (SSSR count). The number of fused-ring (bicyclic) bond motifs is 5. The Morgan fingerprint density at radius 1 is 0.808 bits per heavy atom. The number of hydrogen-bond donors (Lipinski definition) is 0. The second kappa shape index (κ2) is 5.84. The molecule has 4 aromatic rings. The highest BCUT2D eigenvalue weighted by molar-refractivity contribution is 6.09. The van der Waals surface area contributed by atoms with Gasteiger partial charge in [-0.1, -0.05) is 42.5 Å². The molecule has 0 unspecified atom stereocenters. The molecule has 0 saturated carbocycles. The largest absolute Gasteiger partial charge is 0.378 e. The van der Waals surface area contributed by atoms with E-state index in [1.165, 1.54) is 50.7 Å². The van der Waals surface area contributed by atoms with Gasteiger partial charge in [-0.25, -0.2) is 4.98 Å². The van der Waals surface area contributed by atoms with Crippen LogP contribution >= 0.6 is 0 Å². The normalized spacial score (nSPS) is 13.3. The van der Waals surface area contributed by atoms with Crippen LogP contribution in [0.15, 0.2) is 60.7 Å². The third-order valence-corrected chi connectivity index (χ3v) is 5.60. The second-order valence-corrected chi connectivity index (χ2v) is 7.39. The summed E-state index contributed by atoms with van der Waals surface area (Å²) in [5.41, 5.74) is 7.70. The van der Waals surface area contributed by atoms with Crippen molar-refractivity contribution in [2.45, 2.75) is 19.3 Å². The molecule has 128 valence electrons. The summed E-state index contributed by atoms with van der Waals surface area (Å²) < 4.78 is 0. The van der Waals surface area contributed by atoms with E-state index in [2.05, 4.69) is 79.7 Å². The van der Waals surface area contributed by atoms with E-state index in [1.54, 1.807) is 0 Å². The first kappa shape index (κ1) is 15.4. The van der Waals surface area contributed by atoms with Gasteiger partial charge in [0.25, 0.3) is 0 Å². The fraction of sp³-hybridized carbons (Fsp3) is 0.208. The van der Waals surface area contributed by atoms with E-state index in [9.17, 15) is 0 Å². The van der Waals surface area contributed by atoms with Crippen molar-refractivity contribution in [1.29, 1.82) is 0 Å². The molecule has 0 fully saturated rings. The number of anilines is 1. The van der Waals surface area contributed by atoms with Gasteiger partial charge in [-0.05, 0) is 59.4 Å². The maximum Gasteiger partial charge on any atom is 0.0744 e. The molecule has 26 heavy (non-hydrogen) atoms. The summed E-state index contributed by atoms with van der Waals surface area (Å²) in [7, 11) is 4.15. The van der Waals surface area contributed by atoms with Crippen LogP contribution < -0.4 is 4.90 Å². The third kappa shape index (κ3) is 2.29. The van der Waals surface area contributed by atoms with Gasteiger partial charge in [0.15, 0.2) is 0 Å². The molecule has 0 N–H and O–H groups in total. The molecule has 0 spiro atoms. The minimum Gasteiger partial charge on any atom is -0.378 e. The van der Waals surface area contributed by atoms with Crippen molar-refractivity contribution in [2.75, 3.05) is 19.0 Å². The van der Waals surface area contributed by atoms with E-state index < -0.39 is 0 Å². The summed E-state index contributed by atoms with van der Waals surface area (Å²) in [5, 5.41) is 4.01. The smallest absolute Gasteiger partial charge is 0.0744 e. The summed E-state index contributed by atoms with van der Waals surface area (Å²) in [6.45, 7) is 0. The standard InChI is InChI=1S/C24H22N2/c1-26(2)18-13-10-17(11-14-18)24-21-9-5-8-20(21)23-19-7-4-3-6-16(19)12-15-22(23)25-24/h3-4,6-7,10-15H,5,8-9H2,1-2H3. The maximum atomic E-state index is 5.13. The van der Waals surface area contributed by atoms with Crippen LogP contribution in [0.2, 0.25) is 0 Å². The third-order valence-electron chi connectivity index (χ3n) is 5.60. The predicted octanol–water partition coefficient (Wildman–Crippen LogP) is 5.61. The van der Waals surface area contributed by atoms with Crippen molar-refractivity contribution in [3.05, 3.63) is 71.8 Å². The predicted molar refractivity (Wildman–Crippen MR) is 111 cm³/mol. The van der Waals surface area contributed by atoms with Gasteiger partial charge in [0.1, 0.15) is 0 Å². The second-order valence-electron chi connectivity index (χ2n) is 7.39. The minimum atomic E-state index is 1.12. The molecule has 0 bridgehead atoms. The molecule has 3 aromatic carbocycles. The number of aromatic nitrogens is 1. The number of nitrogens with zero attached hydrogens (tertiary/aromatic N) is 2. The molecule has 1 aliphatic rings. The van der Waals surface area contributed by atoms with Crippen molar-refractivity contribution < 1.29 is 0 Å². The lowest BCUT2D eigenvalue weighted by Gasteiger charge is -2.15. The molecular formula is C24H22N2. The topological polar surface area (TPSA) is 16.1 Å². The Labute approximate surface area is 154 Å². The Morgan fingerprint density at radius 3 is 2.38 bits per heavy atom. The van der Waals surface area contributed by atoms with E-state index >= 15 is 0 Å². The Hall–Kier alpha value is -2.87. The van der Waals surface area contributed by atoms with Gasteiger partial charge in [0, 0.05) is 30.7 Å². The van der Waals surface area contributed by atoms with Crippen LogP contribution in [-0.2, 0) is 12.8 Å². The van der Waals surface area contributed by atoms with Gasteiger partial charge in [-0.15, -0.1) is 0 Å². The van der Waals surface area contributed by atoms with Crippen LogP contribution in [0.3, 0.4) is 0 Å². The number of benzene rings is 3. The maximum absolute atomic E-state index is 5.13. The molecule has 0 aliphatic heterocycles. The van der Waals surface area contributed by atoms with Crippen LogP contribution in [0, 0.1) is 0 Å². The summed E-state index contributed by atoms with van der Waals surface area (Å²) in [6, 6.07) is 21.9. The lowest BCUT2D eigenvalue weighted by Crippen LogP contribution is -2.08. The van der Waals surface area contributed by atoms with E-state index in [0.29, 0.717) is 0 Å². The molecule has 0 amide bonds. The van der Waals surface area contributed by atoms with E-state index in [0.717, 1.165) is 18.4 Å². The van der Waals surface area contributed by atoms with E-state index in [-0.39, 0.29) is 0 Å². The molecule has 0 radical (unpaired) electrons. The summed E-state index contributed by atoms with van der Waals surface area (Å²) >= 11 is 0. The Bertz CT molecular complexity index is 1120. The highest BCUT2D eigenvalue weighted by Gasteiger charge is 2.21. The van der Waals surface area contributed by atoms with E-state index in [4.69, 9.17) is 4.98 Å². The average Bonchev–Trinajstić information content (AvgIpc) is 3.17. The Balaban J connectivity index is 1.78. The zero-order chi connectivity index (χ0) is 17.7. The number of hydrogen-bond acceptors (Lipinski definition) is 2. The van der Waals surface area contributed by atoms with E-state index in [1.807, 2.05) is 0 Å². The van der Waals surface area contributed by atoms with Crippen molar-refractivity contribution >= 4 is 27.4 Å². The molecular weight excluding hydrogens is 316 g/mol. The molecule has 0 atom stereocenters. The fourth-order valence-corrected chi connectivity index (χ4v) is 4.30. The summed E-state index contributed by atoms with van der Waals surface area (Å²) in [6.07, 6.45) is 3.51. The Kier molecular flexibility index (Phi) is 3.46.